The van der Waals surface area contributed by atoms with Crippen LogP contribution in [0.4, 0.5) is 5.69 Å². The Morgan fingerprint density at radius 2 is 1.83 bits per heavy atom. The Balaban J connectivity index is 1.82. The van der Waals surface area contributed by atoms with Crippen molar-refractivity contribution in [2.45, 2.75) is 29.5 Å². The maximum Gasteiger partial charge on any atom is 0.234 e. The first-order chi connectivity index (χ1) is 10.9. The summed E-state index contributed by atoms with van der Waals surface area (Å²) in [7, 11) is 0. The van der Waals surface area contributed by atoms with E-state index < -0.39 is 0 Å². The van der Waals surface area contributed by atoms with Crippen LogP contribution in [0.25, 0.3) is 0 Å². The van der Waals surface area contributed by atoms with E-state index in [1.165, 1.54) is 34.2 Å². The molecule has 1 N–H and O–H groups in total. The fourth-order valence-electron chi connectivity index (χ4n) is 1.64. The molecule has 2 aromatic rings. The highest BCUT2D eigenvalue weighted by molar-refractivity contribution is 8.03. The van der Waals surface area contributed by atoms with Crippen LogP contribution < -0.4 is 5.32 Å². The van der Waals surface area contributed by atoms with E-state index in [9.17, 15) is 4.79 Å². The van der Waals surface area contributed by atoms with Crippen LogP contribution in [0, 0.1) is 13.8 Å². The van der Waals surface area contributed by atoms with Gasteiger partial charge in [-0.15, -0.1) is 10.2 Å². The van der Waals surface area contributed by atoms with Crippen molar-refractivity contribution in [3.8, 4) is 0 Å². The van der Waals surface area contributed by atoms with Gasteiger partial charge in [0.25, 0.3) is 0 Å². The second-order valence-electron chi connectivity index (χ2n) is 5.22. The molecule has 0 aliphatic heterocycles. The third-order valence-electron chi connectivity index (χ3n) is 2.95. The molecule has 0 spiro atoms. The first kappa shape index (κ1) is 18.0. The van der Waals surface area contributed by atoms with Crippen molar-refractivity contribution in [3.63, 3.8) is 0 Å². The van der Waals surface area contributed by atoms with Crippen LogP contribution in [0.3, 0.4) is 0 Å². The second kappa shape index (κ2) is 8.52. The molecule has 1 heterocycles. The van der Waals surface area contributed by atoms with Gasteiger partial charge in [0.05, 0.1) is 5.75 Å². The molecule has 0 saturated heterocycles. The lowest BCUT2D eigenvalue weighted by Crippen LogP contribution is -2.14. The number of benzene rings is 1. The summed E-state index contributed by atoms with van der Waals surface area (Å²) in [5, 5.41) is 11.1. The third-order valence-corrected chi connectivity index (χ3v) is 6.37. The number of aromatic nitrogens is 2. The van der Waals surface area contributed by atoms with Crippen molar-refractivity contribution < 1.29 is 4.79 Å². The Morgan fingerprint density at radius 3 is 2.43 bits per heavy atom. The molecule has 1 amide bonds. The highest BCUT2D eigenvalue weighted by atomic mass is 32.2. The van der Waals surface area contributed by atoms with E-state index in [-0.39, 0.29) is 5.91 Å². The van der Waals surface area contributed by atoms with Gasteiger partial charge in [-0.05, 0) is 44.0 Å². The standard InChI is InChI=1S/C16H19N3OS3/c1-10(2)8-21-15-18-19-16(23-15)22-9-14(20)17-13-6-5-11(3)12(4)7-13/h5-7H,1,8-9H2,2-4H3,(H,17,20). The molecule has 0 unspecified atom stereocenters. The number of carbonyl (C=O) groups is 1. The Hall–Kier alpha value is -1.31. The van der Waals surface area contributed by atoms with Crippen molar-refractivity contribution in [2.24, 2.45) is 0 Å². The molecule has 0 saturated carbocycles. The molecule has 23 heavy (non-hydrogen) atoms. The van der Waals surface area contributed by atoms with E-state index in [4.69, 9.17) is 0 Å². The summed E-state index contributed by atoms with van der Waals surface area (Å²) in [6.45, 7) is 9.94. The number of amides is 1. The molecule has 0 aliphatic carbocycles. The smallest absolute Gasteiger partial charge is 0.234 e. The molecule has 0 atom stereocenters. The summed E-state index contributed by atoms with van der Waals surface area (Å²) in [5.41, 5.74) is 4.31. The highest BCUT2D eigenvalue weighted by Gasteiger charge is 2.09. The van der Waals surface area contributed by atoms with Crippen molar-refractivity contribution in [1.82, 2.24) is 10.2 Å². The molecular formula is C16H19N3OS3. The molecule has 0 fully saturated rings. The van der Waals surface area contributed by atoms with E-state index in [0.717, 1.165) is 25.7 Å². The molecule has 122 valence electrons. The molecule has 4 nitrogen and oxygen atoms in total. The number of anilines is 1. The van der Waals surface area contributed by atoms with E-state index in [0.29, 0.717) is 5.75 Å². The highest BCUT2D eigenvalue weighted by Crippen LogP contribution is 2.29. The molecule has 2 rings (SSSR count). The summed E-state index contributed by atoms with van der Waals surface area (Å²) in [6.07, 6.45) is 0. The SMILES string of the molecule is C=C(C)CSc1nnc(SCC(=O)Nc2ccc(C)c(C)c2)s1. The molecule has 7 heteroatoms. The number of rotatable bonds is 7. The largest absolute Gasteiger partial charge is 0.325 e. The van der Waals surface area contributed by atoms with E-state index in [1.54, 1.807) is 11.8 Å². The van der Waals surface area contributed by atoms with Gasteiger partial charge < -0.3 is 5.32 Å². The second-order valence-corrected chi connectivity index (χ2v) is 8.64. The zero-order chi connectivity index (χ0) is 16.8. The summed E-state index contributed by atoms with van der Waals surface area (Å²) < 4.78 is 1.72. The predicted molar refractivity (Wildman–Crippen MR) is 101 cm³/mol. The van der Waals surface area contributed by atoms with Crippen molar-refractivity contribution in [2.75, 3.05) is 16.8 Å². The van der Waals surface area contributed by atoms with Gasteiger partial charge in [0.2, 0.25) is 5.91 Å². The van der Waals surface area contributed by atoms with Crippen molar-refractivity contribution in [3.05, 3.63) is 41.5 Å². The van der Waals surface area contributed by atoms with E-state index >= 15 is 0 Å². The van der Waals surface area contributed by atoms with Gasteiger partial charge in [-0.25, -0.2) is 0 Å². The van der Waals surface area contributed by atoms with Gasteiger partial charge in [0.1, 0.15) is 0 Å². The minimum absolute atomic E-state index is 0.0374. The Labute approximate surface area is 149 Å². The fourth-order valence-corrected chi connectivity index (χ4v) is 4.31. The number of aryl methyl sites for hydroxylation is 2. The molecule has 0 aliphatic rings. The van der Waals surface area contributed by atoms with Gasteiger partial charge >= 0.3 is 0 Å². The molecule has 1 aromatic carbocycles. The minimum Gasteiger partial charge on any atom is -0.325 e. The van der Waals surface area contributed by atoms with Crippen LogP contribution in [-0.4, -0.2) is 27.6 Å². The van der Waals surface area contributed by atoms with Gasteiger partial charge in [-0.1, -0.05) is 53.1 Å². The van der Waals surface area contributed by atoms with Crippen LogP contribution in [0.15, 0.2) is 39.0 Å². The summed E-state index contributed by atoms with van der Waals surface area (Å²) in [6, 6.07) is 5.91. The van der Waals surface area contributed by atoms with Crippen LogP contribution in [0.1, 0.15) is 18.1 Å². The maximum atomic E-state index is 12.0. The number of nitrogens with one attached hydrogen (secondary N) is 1. The fraction of sp³-hybridized carbons (Fsp3) is 0.312. The number of nitrogens with zero attached hydrogens (tertiary/aromatic N) is 2. The van der Waals surface area contributed by atoms with E-state index in [1.807, 2.05) is 32.0 Å². The topological polar surface area (TPSA) is 54.9 Å². The lowest BCUT2D eigenvalue weighted by molar-refractivity contribution is -0.113. The first-order valence-corrected chi connectivity index (χ1v) is 9.83. The van der Waals surface area contributed by atoms with Crippen molar-refractivity contribution >= 4 is 46.5 Å². The molecule has 0 bridgehead atoms. The lowest BCUT2D eigenvalue weighted by atomic mass is 10.1. The third kappa shape index (κ3) is 6.01. The number of hydrogen-bond acceptors (Lipinski definition) is 6. The zero-order valence-electron chi connectivity index (χ0n) is 13.4. The van der Waals surface area contributed by atoms with Gasteiger partial charge in [0, 0.05) is 11.4 Å². The van der Waals surface area contributed by atoms with Crippen LogP contribution in [-0.2, 0) is 4.79 Å². The molecule has 0 radical (unpaired) electrons. The van der Waals surface area contributed by atoms with Crippen molar-refractivity contribution in [1.29, 1.82) is 0 Å². The Morgan fingerprint density at radius 1 is 1.17 bits per heavy atom. The number of thioether (sulfide) groups is 2. The summed E-state index contributed by atoms with van der Waals surface area (Å²) >= 11 is 4.54. The lowest BCUT2D eigenvalue weighted by Gasteiger charge is -2.06. The quantitative estimate of drug-likeness (QED) is 0.576. The normalized spacial score (nSPS) is 10.6. The maximum absolute atomic E-state index is 12.0. The van der Waals surface area contributed by atoms with Gasteiger partial charge in [-0.2, -0.15) is 0 Å². The Bertz CT molecular complexity index is 712. The van der Waals surface area contributed by atoms with Gasteiger partial charge in [0.15, 0.2) is 8.68 Å². The van der Waals surface area contributed by atoms with Gasteiger partial charge in [-0.3, -0.25) is 4.79 Å². The van der Waals surface area contributed by atoms with Crippen LogP contribution >= 0.6 is 34.9 Å². The number of hydrogen-bond donors (Lipinski definition) is 1. The average Bonchev–Trinajstić information content (AvgIpc) is 2.95. The van der Waals surface area contributed by atoms with Crippen LogP contribution in [0.2, 0.25) is 0 Å². The predicted octanol–water partition coefficient (Wildman–Crippen LogP) is 4.55. The summed E-state index contributed by atoms with van der Waals surface area (Å²) in [4.78, 5) is 12.0. The first-order valence-electron chi connectivity index (χ1n) is 7.04. The zero-order valence-corrected chi connectivity index (χ0v) is 15.8. The number of carbonyl (C=O) groups excluding carboxylic acids is 1. The van der Waals surface area contributed by atoms with E-state index in [2.05, 4.69) is 29.0 Å². The molecule has 1 aromatic heterocycles. The average molecular weight is 366 g/mol. The summed E-state index contributed by atoms with van der Waals surface area (Å²) in [5.74, 6) is 1.13. The Kier molecular flexibility index (Phi) is 6.68. The van der Waals surface area contributed by atoms with Crippen LogP contribution in [0.5, 0.6) is 0 Å². The monoisotopic (exact) mass is 365 g/mol. The minimum atomic E-state index is -0.0374. The molecular weight excluding hydrogens is 346 g/mol.